The maximum Gasteiger partial charge on any atom is 0.165 e. The number of hydrogen-bond acceptors (Lipinski definition) is 3. The van der Waals surface area contributed by atoms with Gasteiger partial charge in [0, 0.05) is 11.8 Å². The van der Waals surface area contributed by atoms with Crippen LogP contribution in [0.25, 0.3) is 0 Å². The molecule has 0 spiro atoms. The molecule has 6 unspecified atom stereocenters. The molecular weight excluding hydrogens is 216 g/mol. The van der Waals surface area contributed by atoms with E-state index in [0.717, 1.165) is 5.56 Å². The number of aliphatic hydroxyl groups excluding tert-OH is 2. The molecule has 0 radical (unpaired) electrons. The maximum absolute atomic E-state index is 11.9. The Morgan fingerprint density at radius 3 is 2.41 bits per heavy atom. The van der Waals surface area contributed by atoms with Gasteiger partial charge in [0.15, 0.2) is 5.78 Å². The molecule has 90 valence electrons. The Morgan fingerprint density at radius 2 is 1.82 bits per heavy atom. The van der Waals surface area contributed by atoms with E-state index in [4.69, 9.17) is 0 Å². The van der Waals surface area contributed by atoms with Crippen molar-refractivity contribution in [1.29, 1.82) is 0 Å². The maximum atomic E-state index is 11.9. The van der Waals surface area contributed by atoms with E-state index < -0.39 is 12.2 Å². The minimum Gasteiger partial charge on any atom is -0.393 e. The van der Waals surface area contributed by atoms with Gasteiger partial charge in [0.05, 0.1) is 6.10 Å². The molecule has 6 atom stereocenters. The first-order valence-electron chi connectivity index (χ1n) is 6.07. The molecule has 2 aliphatic carbocycles. The van der Waals surface area contributed by atoms with Crippen LogP contribution in [0.4, 0.5) is 0 Å². The van der Waals surface area contributed by atoms with Crippen molar-refractivity contribution in [3.05, 3.63) is 35.9 Å². The second-order valence-electron chi connectivity index (χ2n) is 5.20. The van der Waals surface area contributed by atoms with Crippen LogP contribution in [0.5, 0.6) is 0 Å². The summed E-state index contributed by atoms with van der Waals surface area (Å²) in [6.07, 6.45) is -1.59. The Morgan fingerprint density at radius 1 is 1.18 bits per heavy atom. The van der Waals surface area contributed by atoms with Crippen LogP contribution in [0.1, 0.15) is 18.4 Å². The summed E-state index contributed by atoms with van der Waals surface area (Å²) >= 11 is 0. The van der Waals surface area contributed by atoms with Crippen molar-refractivity contribution in [2.75, 3.05) is 0 Å². The minimum absolute atomic E-state index is 0.0769. The number of ketones is 1. The molecule has 1 aromatic rings. The SMILES string of the molecule is CC(O)C1C(O)C(=O)C2C(c3ccccc3)C21. The molecule has 0 saturated heterocycles. The lowest BCUT2D eigenvalue weighted by Gasteiger charge is -2.21. The molecule has 3 heteroatoms. The average molecular weight is 232 g/mol. The number of carbonyl (C=O) groups excluding carboxylic acids is 1. The smallest absolute Gasteiger partial charge is 0.165 e. The highest BCUT2D eigenvalue weighted by molar-refractivity contribution is 5.93. The van der Waals surface area contributed by atoms with Gasteiger partial charge < -0.3 is 10.2 Å². The predicted octanol–water partition coefficient (Wildman–Crippen LogP) is 0.957. The number of fused-ring (bicyclic) bond motifs is 1. The van der Waals surface area contributed by atoms with Gasteiger partial charge in [0.1, 0.15) is 6.10 Å². The molecule has 3 nitrogen and oxygen atoms in total. The van der Waals surface area contributed by atoms with E-state index >= 15 is 0 Å². The van der Waals surface area contributed by atoms with Crippen LogP contribution in [0, 0.1) is 17.8 Å². The van der Waals surface area contributed by atoms with Crippen LogP contribution in [0.15, 0.2) is 30.3 Å². The van der Waals surface area contributed by atoms with Crippen molar-refractivity contribution >= 4 is 5.78 Å². The number of benzene rings is 1. The Labute approximate surface area is 100 Å². The average Bonchev–Trinajstić information content (AvgIpc) is 2.97. The number of carbonyl (C=O) groups is 1. The third kappa shape index (κ3) is 1.46. The van der Waals surface area contributed by atoms with Gasteiger partial charge >= 0.3 is 0 Å². The lowest BCUT2D eigenvalue weighted by atomic mass is 9.90. The van der Waals surface area contributed by atoms with Gasteiger partial charge in [-0.2, -0.15) is 0 Å². The first-order chi connectivity index (χ1) is 8.13. The lowest BCUT2D eigenvalue weighted by Crippen LogP contribution is -2.33. The van der Waals surface area contributed by atoms with Gasteiger partial charge in [-0.25, -0.2) is 0 Å². The van der Waals surface area contributed by atoms with Gasteiger partial charge in [0.25, 0.3) is 0 Å². The highest BCUT2D eigenvalue weighted by atomic mass is 16.3. The molecule has 2 fully saturated rings. The van der Waals surface area contributed by atoms with Crippen LogP contribution < -0.4 is 0 Å². The first-order valence-corrected chi connectivity index (χ1v) is 6.07. The summed E-state index contributed by atoms with van der Waals surface area (Å²) < 4.78 is 0. The summed E-state index contributed by atoms with van der Waals surface area (Å²) in [4.78, 5) is 11.9. The highest BCUT2D eigenvalue weighted by Crippen LogP contribution is 2.64. The van der Waals surface area contributed by atoms with E-state index in [1.165, 1.54) is 0 Å². The molecule has 1 aromatic carbocycles. The van der Waals surface area contributed by atoms with Crippen molar-refractivity contribution < 1.29 is 15.0 Å². The first kappa shape index (κ1) is 10.9. The number of hydrogen-bond donors (Lipinski definition) is 2. The fourth-order valence-corrected chi connectivity index (χ4v) is 3.47. The second-order valence-corrected chi connectivity index (χ2v) is 5.20. The van der Waals surface area contributed by atoms with Gasteiger partial charge in [-0.3, -0.25) is 4.79 Å². The largest absolute Gasteiger partial charge is 0.393 e. The van der Waals surface area contributed by atoms with Crippen LogP contribution in [0.3, 0.4) is 0 Å². The third-order valence-electron chi connectivity index (χ3n) is 4.25. The number of rotatable bonds is 2. The molecule has 0 aromatic heterocycles. The zero-order valence-corrected chi connectivity index (χ0v) is 9.65. The summed E-state index contributed by atoms with van der Waals surface area (Å²) in [5.41, 5.74) is 1.15. The summed E-state index contributed by atoms with van der Waals surface area (Å²) in [5, 5.41) is 19.5. The van der Waals surface area contributed by atoms with Crippen LogP contribution in [-0.2, 0) is 4.79 Å². The van der Waals surface area contributed by atoms with Crippen molar-refractivity contribution in [2.24, 2.45) is 17.8 Å². The van der Waals surface area contributed by atoms with Crippen LogP contribution in [-0.4, -0.2) is 28.2 Å². The van der Waals surface area contributed by atoms with Gasteiger partial charge in [0.2, 0.25) is 0 Å². The van der Waals surface area contributed by atoms with Gasteiger partial charge in [-0.1, -0.05) is 30.3 Å². The van der Waals surface area contributed by atoms with E-state index in [1.54, 1.807) is 6.92 Å². The Balaban J connectivity index is 1.89. The molecule has 17 heavy (non-hydrogen) atoms. The van der Waals surface area contributed by atoms with E-state index in [9.17, 15) is 15.0 Å². The number of aliphatic hydroxyl groups is 2. The van der Waals surface area contributed by atoms with Crippen molar-refractivity contribution in [1.82, 2.24) is 0 Å². The molecular formula is C14H16O3. The van der Waals surface area contributed by atoms with Crippen molar-refractivity contribution in [2.45, 2.75) is 25.0 Å². The van der Waals surface area contributed by atoms with E-state index in [2.05, 4.69) is 0 Å². The molecule has 0 amide bonds. The molecule has 2 N–H and O–H groups in total. The van der Waals surface area contributed by atoms with Crippen LogP contribution in [0.2, 0.25) is 0 Å². The zero-order chi connectivity index (χ0) is 12.2. The molecule has 3 rings (SSSR count). The lowest BCUT2D eigenvalue weighted by molar-refractivity contribution is -0.129. The normalized spacial score (nSPS) is 41.1. The quantitative estimate of drug-likeness (QED) is 0.798. The summed E-state index contributed by atoms with van der Waals surface area (Å²) in [6, 6.07) is 9.90. The van der Waals surface area contributed by atoms with E-state index in [-0.39, 0.29) is 29.5 Å². The summed E-state index contributed by atoms with van der Waals surface area (Å²) in [5.74, 6) is -0.133. The van der Waals surface area contributed by atoms with Gasteiger partial charge in [-0.15, -0.1) is 0 Å². The van der Waals surface area contributed by atoms with E-state index in [0.29, 0.717) is 0 Å². The molecule has 0 aliphatic heterocycles. The second kappa shape index (κ2) is 3.65. The molecule has 2 aliphatic rings. The fraction of sp³-hybridized carbons (Fsp3) is 0.500. The Bertz CT molecular complexity index is 440. The number of Topliss-reactive ketones (excluding diaryl/α,β-unsaturated/α-hetero) is 1. The Kier molecular flexibility index (Phi) is 2.35. The predicted molar refractivity (Wildman–Crippen MR) is 62.3 cm³/mol. The van der Waals surface area contributed by atoms with Crippen molar-refractivity contribution in [3.8, 4) is 0 Å². The topological polar surface area (TPSA) is 57.5 Å². The molecule has 2 saturated carbocycles. The fourth-order valence-electron chi connectivity index (χ4n) is 3.47. The minimum atomic E-state index is -0.968. The zero-order valence-electron chi connectivity index (χ0n) is 9.65. The molecule has 0 heterocycles. The van der Waals surface area contributed by atoms with Gasteiger partial charge in [-0.05, 0) is 24.3 Å². The summed E-state index contributed by atoms with van der Waals surface area (Å²) in [6.45, 7) is 1.66. The molecule has 0 bridgehead atoms. The Hall–Kier alpha value is -1.19. The summed E-state index contributed by atoms with van der Waals surface area (Å²) in [7, 11) is 0. The van der Waals surface area contributed by atoms with E-state index in [1.807, 2.05) is 30.3 Å². The van der Waals surface area contributed by atoms with Crippen molar-refractivity contribution in [3.63, 3.8) is 0 Å². The highest BCUT2D eigenvalue weighted by Gasteiger charge is 2.67. The standard InChI is InChI=1S/C14H16O3/c1-7(15)9-11-10(8-5-3-2-4-6-8)12(11)14(17)13(9)16/h2-7,9-13,15-16H,1H3. The monoisotopic (exact) mass is 232 g/mol. The third-order valence-corrected chi connectivity index (χ3v) is 4.25. The van der Waals surface area contributed by atoms with Crippen LogP contribution >= 0.6 is 0 Å².